The second kappa shape index (κ2) is 5.87. The second-order valence-electron chi connectivity index (χ2n) is 5.39. The Hall–Kier alpha value is -2.15. The number of amides is 1. The zero-order valence-corrected chi connectivity index (χ0v) is 11.7. The Balaban J connectivity index is 2.69. The van der Waals surface area contributed by atoms with Crippen LogP contribution in [-0.2, 0) is 4.74 Å². The number of rotatable bonds is 3. The van der Waals surface area contributed by atoms with Crippen LogP contribution in [0.15, 0.2) is 12.1 Å². The first-order chi connectivity index (χ1) is 9.10. The number of nitrogens with one attached hydrogen (secondary N) is 1. The van der Waals surface area contributed by atoms with E-state index in [-0.39, 0.29) is 29.4 Å². The first-order valence-corrected chi connectivity index (χ1v) is 6.07. The maximum Gasteiger partial charge on any atom is 0.407 e. The zero-order valence-electron chi connectivity index (χ0n) is 11.7. The summed E-state index contributed by atoms with van der Waals surface area (Å²) in [7, 11) is 0. The molecule has 0 radical (unpaired) electrons. The Morgan fingerprint density at radius 3 is 2.25 bits per heavy atom. The Morgan fingerprint density at radius 1 is 1.30 bits per heavy atom. The smallest absolute Gasteiger partial charge is 0.407 e. The predicted octanol–water partition coefficient (Wildman–Crippen LogP) is 1.33. The summed E-state index contributed by atoms with van der Waals surface area (Å²) in [6.45, 7) is 5.14. The number of ether oxygens (including phenoxy) is 1. The number of phenolic OH excluding ortho intramolecular Hbond substituents is 3. The van der Waals surface area contributed by atoms with Crippen molar-refractivity contribution >= 4 is 6.09 Å². The van der Waals surface area contributed by atoms with Gasteiger partial charge in [-0.05, 0) is 20.8 Å². The molecule has 7 nitrogen and oxygen atoms in total. The molecule has 112 valence electrons. The minimum Gasteiger partial charge on any atom is -0.508 e. The first-order valence-electron chi connectivity index (χ1n) is 6.07. The van der Waals surface area contributed by atoms with Crippen LogP contribution in [0.3, 0.4) is 0 Å². The molecule has 1 aromatic carbocycles. The van der Waals surface area contributed by atoms with E-state index in [1.54, 1.807) is 20.8 Å². The fourth-order valence-corrected chi connectivity index (χ4v) is 1.60. The number of hydrogen-bond acceptors (Lipinski definition) is 6. The molecule has 1 amide bonds. The van der Waals surface area contributed by atoms with Gasteiger partial charge in [-0.1, -0.05) is 0 Å². The predicted molar refractivity (Wildman–Crippen MR) is 72.6 cm³/mol. The van der Waals surface area contributed by atoms with E-state index >= 15 is 0 Å². The van der Waals surface area contributed by atoms with Gasteiger partial charge in [0.05, 0.1) is 11.6 Å². The summed E-state index contributed by atoms with van der Waals surface area (Å²) in [6, 6.07) is 1.27. The molecular formula is C13H20N2O5. The topological polar surface area (TPSA) is 125 Å². The maximum absolute atomic E-state index is 11.5. The number of aromatic hydroxyl groups is 3. The van der Waals surface area contributed by atoms with Crippen LogP contribution in [-0.4, -0.2) is 33.6 Å². The van der Waals surface area contributed by atoms with Crippen LogP contribution in [0.2, 0.25) is 0 Å². The van der Waals surface area contributed by atoms with Crippen molar-refractivity contribution in [1.82, 2.24) is 5.32 Å². The fourth-order valence-electron chi connectivity index (χ4n) is 1.60. The van der Waals surface area contributed by atoms with E-state index in [2.05, 4.69) is 5.32 Å². The molecular weight excluding hydrogens is 264 g/mol. The lowest BCUT2D eigenvalue weighted by atomic mass is 10.0. The third-order valence-corrected chi connectivity index (χ3v) is 2.36. The van der Waals surface area contributed by atoms with Crippen LogP contribution in [0, 0.1) is 0 Å². The number of nitrogens with two attached hydrogens (primary N) is 1. The molecule has 6 N–H and O–H groups in total. The van der Waals surface area contributed by atoms with Gasteiger partial charge in [0, 0.05) is 18.7 Å². The van der Waals surface area contributed by atoms with Crippen LogP contribution in [0.5, 0.6) is 17.2 Å². The van der Waals surface area contributed by atoms with Crippen molar-refractivity contribution in [3.05, 3.63) is 17.7 Å². The third-order valence-electron chi connectivity index (χ3n) is 2.36. The average Bonchev–Trinajstić information content (AvgIpc) is 2.22. The lowest BCUT2D eigenvalue weighted by Gasteiger charge is -2.21. The van der Waals surface area contributed by atoms with E-state index in [0.29, 0.717) is 0 Å². The van der Waals surface area contributed by atoms with Gasteiger partial charge in [0.15, 0.2) is 0 Å². The summed E-state index contributed by atoms with van der Waals surface area (Å²) >= 11 is 0. The average molecular weight is 284 g/mol. The number of phenols is 3. The van der Waals surface area contributed by atoms with Gasteiger partial charge in [-0.15, -0.1) is 0 Å². The van der Waals surface area contributed by atoms with Gasteiger partial charge in [-0.2, -0.15) is 0 Å². The Morgan fingerprint density at radius 2 is 1.80 bits per heavy atom. The lowest BCUT2D eigenvalue weighted by Crippen LogP contribution is -2.36. The summed E-state index contributed by atoms with van der Waals surface area (Å²) in [5, 5.41) is 30.9. The molecule has 0 saturated carbocycles. The van der Waals surface area contributed by atoms with Crippen LogP contribution < -0.4 is 11.1 Å². The monoisotopic (exact) mass is 284 g/mol. The van der Waals surface area contributed by atoms with Crippen molar-refractivity contribution in [3.8, 4) is 17.2 Å². The van der Waals surface area contributed by atoms with E-state index in [1.807, 2.05) is 0 Å². The number of hydrogen-bond donors (Lipinski definition) is 5. The molecule has 20 heavy (non-hydrogen) atoms. The first kappa shape index (κ1) is 15.9. The SMILES string of the molecule is CC(C)(C)OC(=O)NCC(N)c1c(O)cc(O)cc1O. The molecule has 0 aliphatic carbocycles. The largest absolute Gasteiger partial charge is 0.508 e. The van der Waals surface area contributed by atoms with Crippen LogP contribution in [0.25, 0.3) is 0 Å². The van der Waals surface area contributed by atoms with Crippen LogP contribution in [0.4, 0.5) is 4.79 Å². The normalized spacial score (nSPS) is 12.8. The van der Waals surface area contributed by atoms with E-state index < -0.39 is 17.7 Å². The Labute approximate surface area is 117 Å². The van der Waals surface area contributed by atoms with Crippen LogP contribution >= 0.6 is 0 Å². The van der Waals surface area contributed by atoms with Gasteiger partial charge >= 0.3 is 6.09 Å². The van der Waals surface area contributed by atoms with Crippen molar-refractivity contribution in [1.29, 1.82) is 0 Å². The molecule has 0 aliphatic rings. The second-order valence-corrected chi connectivity index (χ2v) is 5.39. The number of benzene rings is 1. The zero-order chi connectivity index (χ0) is 15.5. The highest BCUT2D eigenvalue weighted by atomic mass is 16.6. The van der Waals surface area contributed by atoms with Crippen LogP contribution in [0.1, 0.15) is 32.4 Å². The van der Waals surface area contributed by atoms with Crippen molar-refractivity contribution in [2.45, 2.75) is 32.4 Å². The minimum absolute atomic E-state index is 0.0406. The van der Waals surface area contributed by atoms with Gasteiger partial charge in [0.1, 0.15) is 22.8 Å². The summed E-state index contributed by atoms with van der Waals surface area (Å²) in [5.41, 5.74) is 5.20. The molecule has 1 rings (SSSR count). The highest BCUT2D eigenvalue weighted by molar-refractivity contribution is 5.67. The Bertz CT molecular complexity index is 473. The van der Waals surface area contributed by atoms with E-state index in [0.717, 1.165) is 12.1 Å². The van der Waals surface area contributed by atoms with Gasteiger partial charge < -0.3 is 31.1 Å². The van der Waals surface area contributed by atoms with E-state index in [1.165, 1.54) is 0 Å². The number of carbonyl (C=O) groups excluding carboxylic acids is 1. The molecule has 7 heteroatoms. The highest BCUT2D eigenvalue weighted by Gasteiger charge is 2.20. The van der Waals surface area contributed by atoms with Crippen molar-refractivity contribution < 1.29 is 24.9 Å². The molecule has 0 heterocycles. The standard InChI is InChI=1S/C13H20N2O5/c1-13(2,3)20-12(19)15-6-8(14)11-9(17)4-7(16)5-10(11)18/h4-5,8,16-18H,6,14H2,1-3H3,(H,15,19). The Kier molecular flexibility index (Phi) is 4.67. The van der Waals surface area contributed by atoms with Gasteiger partial charge in [-0.3, -0.25) is 0 Å². The van der Waals surface area contributed by atoms with Crippen molar-refractivity contribution in [2.24, 2.45) is 5.73 Å². The third kappa shape index (κ3) is 4.51. The summed E-state index contributed by atoms with van der Waals surface area (Å²) in [4.78, 5) is 11.5. The highest BCUT2D eigenvalue weighted by Crippen LogP contribution is 2.35. The molecule has 0 bridgehead atoms. The number of alkyl carbamates (subject to hydrolysis) is 1. The minimum atomic E-state index is -0.844. The molecule has 0 aliphatic heterocycles. The molecule has 1 atom stereocenters. The molecule has 1 aromatic rings. The van der Waals surface area contributed by atoms with Crippen molar-refractivity contribution in [3.63, 3.8) is 0 Å². The van der Waals surface area contributed by atoms with E-state index in [9.17, 15) is 20.1 Å². The van der Waals surface area contributed by atoms with Gasteiger partial charge in [0.25, 0.3) is 0 Å². The summed E-state index contributed by atoms with van der Waals surface area (Å²) in [5.74, 6) is -0.974. The lowest BCUT2D eigenvalue weighted by molar-refractivity contribution is 0.0524. The van der Waals surface area contributed by atoms with E-state index in [4.69, 9.17) is 10.5 Å². The molecule has 0 saturated heterocycles. The molecule has 0 fully saturated rings. The number of carbonyl (C=O) groups is 1. The molecule has 1 unspecified atom stereocenters. The van der Waals surface area contributed by atoms with Gasteiger partial charge in [0.2, 0.25) is 0 Å². The fraction of sp³-hybridized carbons (Fsp3) is 0.462. The summed E-state index contributed by atoms with van der Waals surface area (Å²) < 4.78 is 5.03. The van der Waals surface area contributed by atoms with Gasteiger partial charge in [-0.25, -0.2) is 4.79 Å². The van der Waals surface area contributed by atoms with Crippen molar-refractivity contribution in [2.75, 3.05) is 6.54 Å². The quantitative estimate of drug-likeness (QED) is 0.570. The summed E-state index contributed by atoms with van der Waals surface area (Å²) in [6.07, 6.45) is -0.647. The molecule has 0 spiro atoms. The molecule has 0 aromatic heterocycles. The maximum atomic E-state index is 11.5.